The quantitative estimate of drug-likeness (QED) is 0.777. The number of piperidine rings is 1. The Hall–Kier alpha value is -0.810. The first-order valence-electron chi connectivity index (χ1n) is 10.0. The summed E-state index contributed by atoms with van der Waals surface area (Å²) in [6, 6.07) is 10.5. The third-order valence-corrected chi connectivity index (χ3v) is 6.42. The summed E-state index contributed by atoms with van der Waals surface area (Å²) in [7, 11) is 0. The van der Waals surface area contributed by atoms with Crippen molar-refractivity contribution in [2.45, 2.75) is 70.1 Å². The minimum atomic E-state index is 0. The summed E-state index contributed by atoms with van der Waals surface area (Å²) in [6.45, 7) is 5.09. The maximum atomic E-state index is 12.4. The Morgan fingerprint density at radius 1 is 1.19 bits per heavy atom. The summed E-state index contributed by atoms with van der Waals surface area (Å²) < 4.78 is 0. The lowest BCUT2D eigenvalue weighted by atomic mass is 9.89. The number of nitrogens with zero attached hydrogens (tertiary/aromatic N) is 1. The number of amides is 1. The van der Waals surface area contributed by atoms with Gasteiger partial charge in [0.1, 0.15) is 0 Å². The van der Waals surface area contributed by atoms with E-state index in [2.05, 4.69) is 46.7 Å². The summed E-state index contributed by atoms with van der Waals surface area (Å²) in [5, 5.41) is 6.86. The van der Waals surface area contributed by atoms with Gasteiger partial charge in [-0.15, -0.1) is 24.8 Å². The second kappa shape index (κ2) is 10.1. The molecule has 3 unspecified atom stereocenters. The number of hydrogen-bond donors (Lipinski definition) is 2. The minimum Gasteiger partial charge on any atom is -0.355 e. The monoisotopic (exact) mass is 413 g/mol. The number of halogens is 2. The molecule has 1 aromatic carbocycles. The van der Waals surface area contributed by atoms with Gasteiger partial charge in [0, 0.05) is 44.2 Å². The Morgan fingerprint density at radius 2 is 1.85 bits per heavy atom. The summed E-state index contributed by atoms with van der Waals surface area (Å²) in [5.41, 5.74) is 2.92. The highest BCUT2D eigenvalue weighted by molar-refractivity contribution is 5.85. The fourth-order valence-electron chi connectivity index (χ4n) is 4.96. The molecule has 0 saturated carbocycles. The van der Waals surface area contributed by atoms with Crippen LogP contribution in [0.4, 0.5) is 0 Å². The van der Waals surface area contributed by atoms with Crippen LogP contribution in [0.1, 0.15) is 50.2 Å². The molecule has 3 atom stereocenters. The average Bonchev–Trinajstić information content (AvgIpc) is 2.97. The minimum absolute atomic E-state index is 0. The molecule has 4 rings (SSSR count). The van der Waals surface area contributed by atoms with E-state index in [1.54, 1.807) is 0 Å². The highest BCUT2D eigenvalue weighted by atomic mass is 35.5. The van der Waals surface area contributed by atoms with E-state index < -0.39 is 0 Å². The largest absolute Gasteiger partial charge is 0.355 e. The highest BCUT2D eigenvalue weighted by Crippen LogP contribution is 2.32. The van der Waals surface area contributed by atoms with Crippen LogP contribution in [-0.2, 0) is 17.8 Å². The Kier molecular flexibility index (Phi) is 8.41. The Labute approximate surface area is 175 Å². The third-order valence-electron chi connectivity index (χ3n) is 6.42. The topological polar surface area (TPSA) is 44.4 Å². The van der Waals surface area contributed by atoms with Crippen molar-refractivity contribution in [1.29, 1.82) is 0 Å². The molecule has 0 radical (unpaired) electrons. The number of nitrogens with one attached hydrogen (secondary N) is 2. The Morgan fingerprint density at radius 3 is 2.56 bits per heavy atom. The van der Waals surface area contributed by atoms with E-state index in [4.69, 9.17) is 0 Å². The predicted octanol–water partition coefficient (Wildman–Crippen LogP) is 3.31. The lowest BCUT2D eigenvalue weighted by Gasteiger charge is -2.34. The number of hydrogen-bond acceptors (Lipinski definition) is 3. The lowest BCUT2D eigenvalue weighted by Crippen LogP contribution is -2.45. The van der Waals surface area contributed by atoms with Crippen molar-refractivity contribution in [3.8, 4) is 0 Å². The van der Waals surface area contributed by atoms with Crippen LogP contribution in [-0.4, -0.2) is 42.0 Å². The van der Waals surface area contributed by atoms with Crippen LogP contribution in [0.3, 0.4) is 0 Å². The first-order chi connectivity index (χ1) is 12.2. The van der Waals surface area contributed by atoms with Gasteiger partial charge in [0.05, 0.1) is 0 Å². The summed E-state index contributed by atoms with van der Waals surface area (Å²) >= 11 is 0. The lowest BCUT2D eigenvalue weighted by molar-refractivity contribution is -0.122. The molecule has 1 amide bonds. The van der Waals surface area contributed by atoms with E-state index in [1.807, 2.05) is 0 Å². The van der Waals surface area contributed by atoms with E-state index in [0.717, 1.165) is 26.1 Å². The standard InChI is InChI=1S/C21H31N3O.2ClH/c1-15(24-9-8-17-4-2-3-5-18(17)14-24)13-22-21(25)12-16-10-19-6-7-20(11-16)23-19;;/h2-5,15-16,19-20,23H,6-14H2,1H3,(H,22,25);2*1H. The van der Waals surface area contributed by atoms with Crippen LogP contribution in [0.2, 0.25) is 0 Å². The van der Waals surface area contributed by atoms with Crippen LogP contribution < -0.4 is 10.6 Å². The number of rotatable bonds is 5. The van der Waals surface area contributed by atoms with E-state index in [-0.39, 0.29) is 30.7 Å². The molecular formula is C21H33Cl2N3O. The van der Waals surface area contributed by atoms with Crippen LogP contribution in [0, 0.1) is 5.92 Å². The van der Waals surface area contributed by atoms with Gasteiger partial charge in [0.2, 0.25) is 5.91 Å². The van der Waals surface area contributed by atoms with Crippen molar-refractivity contribution in [2.75, 3.05) is 13.1 Å². The molecule has 2 fully saturated rings. The fraction of sp³-hybridized carbons (Fsp3) is 0.667. The van der Waals surface area contributed by atoms with Crippen molar-refractivity contribution in [1.82, 2.24) is 15.5 Å². The molecule has 0 aromatic heterocycles. The predicted molar refractivity (Wildman–Crippen MR) is 115 cm³/mol. The summed E-state index contributed by atoms with van der Waals surface area (Å²) in [4.78, 5) is 14.9. The van der Waals surface area contributed by atoms with Crippen LogP contribution in [0.15, 0.2) is 24.3 Å². The van der Waals surface area contributed by atoms with Crippen molar-refractivity contribution >= 4 is 30.7 Å². The van der Waals surface area contributed by atoms with Gasteiger partial charge in [-0.25, -0.2) is 0 Å². The van der Waals surface area contributed by atoms with Crippen molar-refractivity contribution in [2.24, 2.45) is 5.92 Å². The van der Waals surface area contributed by atoms with Crippen molar-refractivity contribution in [3.63, 3.8) is 0 Å². The first-order valence-corrected chi connectivity index (χ1v) is 10.0. The zero-order chi connectivity index (χ0) is 17.2. The molecule has 0 aliphatic carbocycles. The van der Waals surface area contributed by atoms with Crippen LogP contribution >= 0.6 is 24.8 Å². The van der Waals surface area contributed by atoms with Gasteiger partial charge in [-0.05, 0) is 56.1 Å². The molecule has 152 valence electrons. The van der Waals surface area contributed by atoms with Gasteiger partial charge in [-0.1, -0.05) is 24.3 Å². The van der Waals surface area contributed by atoms with Crippen LogP contribution in [0.25, 0.3) is 0 Å². The summed E-state index contributed by atoms with van der Waals surface area (Å²) in [5.74, 6) is 0.825. The van der Waals surface area contributed by atoms with E-state index in [9.17, 15) is 4.79 Å². The third kappa shape index (κ3) is 5.60. The molecular weight excluding hydrogens is 381 g/mol. The maximum absolute atomic E-state index is 12.4. The molecule has 2 bridgehead atoms. The number of carbonyl (C=O) groups excluding carboxylic acids is 1. The van der Waals surface area contributed by atoms with Crippen LogP contribution in [0.5, 0.6) is 0 Å². The maximum Gasteiger partial charge on any atom is 0.220 e. The highest BCUT2D eigenvalue weighted by Gasteiger charge is 2.34. The molecule has 4 nitrogen and oxygen atoms in total. The van der Waals surface area contributed by atoms with E-state index in [1.165, 1.54) is 36.8 Å². The first kappa shape index (κ1) is 22.5. The van der Waals surface area contributed by atoms with Crippen molar-refractivity contribution in [3.05, 3.63) is 35.4 Å². The zero-order valence-electron chi connectivity index (χ0n) is 16.2. The van der Waals surface area contributed by atoms with Gasteiger partial charge < -0.3 is 10.6 Å². The van der Waals surface area contributed by atoms with E-state index in [0.29, 0.717) is 30.5 Å². The summed E-state index contributed by atoms with van der Waals surface area (Å²) in [6.07, 6.45) is 6.80. The second-order valence-electron chi connectivity index (χ2n) is 8.32. The SMILES string of the molecule is CC(CNC(=O)CC1CC2CCC(C1)N2)N1CCc2ccccc2C1.Cl.Cl. The number of benzene rings is 1. The van der Waals surface area contributed by atoms with Gasteiger partial charge in [0.15, 0.2) is 0 Å². The molecule has 0 spiro atoms. The van der Waals surface area contributed by atoms with Gasteiger partial charge in [-0.2, -0.15) is 0 Å². The Balaban J connectivity index is 0.00000131. The average molecular weight is 414 g/mol. The molecule has 3 heterocycles. The van der Waals surface area contributed by atoms with Gasteiger partial charge >= 0.3 is 0 Å². The van der Waals surface area contributed by atoms with Gasteiger partial charge in [0.25, 0.3) is 0 Å². The van der Waals surface area contributed by atoms with E-state index >= 15 is 0 Å². The molecule has 6 heteroatoms. The molecule has 1 aromatic rings. The number of fused-ring (bicyclic) bond motifs is 3. The molecule has 2 saturated heterocycles. The molecule has 3 aliphatic heterocycles. The molecule has 27 heavy (non-hydrogen) atoms. The van der Waals surface area contributed by atoms with Crippen molar-refractivity contribution < 1.29 is 4.79 Å². The second-order valence-corrected chi connectivity index (χ2v) is 8.32. The number of carbonyl (C=O) groups is 1. The molecule has 2 N–H and O–H groups in total. The smallest absolute Gasteiger partial charge is 0.220 e. The molecule has 3 aliphatic rings. The normalized spacial score (nSPS) is 27.7. The Bertz CT molecular complexity index is 615. The zero-order valence-corrected chi connectivity index (χ0v) is 17.8. The van der Waals surface area contributed by atoms with Gasteiger partial charge in [-0.3, -0.25) is 9.69 Å². The fourth-order valence-corrected chi connectivity index (χ4v) is 4.96.